The number of nitrogens with one attached hydrogen (secondary N) is 1. The molecule has 1 N–H and O–H groups in total. The van der Waals surface area contributed by atoms with Gasteiger partial charge in [-0.1, -0.05) is 30.3 Å². The monoisotopic (exact) mass is 390 g/mol. The minimum atomic E-state index is -0.309. The second-order valence-electron chi connectivity index (χ2n) is 6.16. The molecule has 0 saturated heterocycles. The number of aromatic nitrogens is 3. The van der Waals surface area contributed by atoms with Crippen LogP contribution in [-0.4, -0.2) is 20.4 Å². The van der Waals surface area contributed by atoms with Crippen molar-refractivity contribution in [3.05, 3.63) is 78.4 Å². The standard InChI is InChI=1S/C21H18N4O2S/c1-14-18(24-20(27-14)15-8-4-3-5-9-15)19(26)23-16-10-6-7-11-17(16)28-21-22-12-13-25(21)2/h3-13H,1-2H3,(H,23,26). The molecule has 0 bridgehead atoms. The van der Waals surface area contributed by atoms with E-state index in [1.165, 1.54) is 11.8 Å². The molecular formula is C21H18N4O2S. The van der Waals surface area contributed by atoms with E-state index in [4.69, 9.17) is 4.42 Å². The number of oxazole rings is 1. The first-order valence-electron chi connectivity index (χ1n) is 8.70. The number of hydrogen-bond acceptors (Lipinski definition) is 5. The fraction of sp³-hybridized carbons (Fsp3) is 0.0952. The largest absolute Gasteiger partial charge is 0.441 e. The molecule has 4 aromatic rings. The summed E-state index contributed by atoms with van der Waals surface area (Å²) in [4.78, 5) is 22.5. The van der Waals surface area contributed by atoms with Crippen molar-refractivity contribution in [2.24, 2.45) is 7.05 Å². The van der Waals surface area contributed by atoms with E-state index in [1.807, 2.05) is 72.4 Å². The van der Waals surface area contributed by atoms with Gasteiger partial charge in [0.05, 0.1) is 5.69 Å². The van der Waals surface area contributed by atoms with Crippen molar-refractivity contribution in [3.8, 4) is 11.5 Å². The smallest absolute Gasteiger partial charge is 0.277 e. The third-order valence-electron chi connectivity index (χ3n) is 4.15. The van der Waals surface area contributed by atoms with E-state index in [1.54, 1.807) is 13.1 Å². The first kappa shape index (κ1) is 18.1. The maximum atomic E-state index is 12.8. The lowest BCUT2D eigenvalue weighted by Crippen LogP contribution is -2.14. The number of nitrogens with zero attached hydrogens (tertiary/aromatic N) is 3. The Bertz CT molecular complexity index is 1120. The number of hydrogen-bond donors (Lipinski definition) is 1. The summed E-state index contributed by atoms with van der Waals surface area (Å²) >= 11 is 1.48. The van der Waals surface area contributed by atoms with E-state index in [9.17, 15) is 4.79 Å². The molecule has 1 amide bonds. The summed E-state index contributed by atoms with van der Waals surface area (Å²) < 4.78 is 7.63. The van der Waals surface area contributed by atoms with Gasteiger partial charge in [0, 0.05) is 29.9 Å². The average molecular weight is 390 g/mol. The molecule has 0 aliphatic rings. The Hall–Kier alpha value is -3.32. The molecule has 0 radical (unpaired) electrons. The molecule has 0 unspecified atom stereocenters. The van der Waals surface area contributed by atoms with Crippen molar-refractivity contribution in [3.63, 3.8) is 0 Å². The van der Waals surface area contributed by atoms with Gasteiger partial charge in [-0.25, -0.2) is 9.97 Å². The maximum Gasteiger partial charge on any atom is 0.277 e. The Morgan fingerprint density at radius 2 is 1.86 bits per heavy atom. The molecule has 7 heteroatoms. The third-order valence-corrected chi connectivity index (χ3v) is 5.30. The number of anilines is 1. The van der Waals surface area contributed by atoms with Crippen LogP contribution in [0.25, 0.3) is 11.5 Å². The second-order valence-corrected chi connectivity index (χ2v) is 7.17. The van der Waals surface area contributed by atoms with Crippen molar-refractivity contribution >= 4 is 23.4 Å². The third kappa shape index (κ3) is 3.70. The van der Waals surface area contributed by atoms with Crippen LogP contribution in [0.4, 0.5) is 5.69 Å². The minimum absolute atomic E-state index is 0.274. The van der Waals surface area contributed by atoms with Crippen molar-refractivity contribution < 1.29 is 9.21 Å². The summed E-state index contributed by atoms with van der Waals surface area (Å²) in [5.74, 6) is 0.598. The predicted molar refractivity (Wildman–Crippen MR) is 108 cm³/mol. The van der Waals surface area contributed by atoms with Crippen molar-refractivity contribution in [2.75, 3.05) is 5.32 Å². The van der Waals surface area contributed by atoms with Gasteiger partial charge >= 0.3 is 0 Å². The highest BCUT2D eigenvalue weighted by atomic mass is 32.2. The summed E-state index contributed by atoms with van der Waals surface area (Å²) in [5.41, 5.74) is 1.80. The van der Waals surface area contributed by atoms with Crippen LogP contribution in [0.5, 0.6) is 0 Å². The molecule has 0 saturated carbocycles. The molecule has 4 rings (SSSR count). The zero-order valence-electron chi connectivity index (χ0n) is 15.4. The van der Waals surface area contributed by atoms with E-state index in [0.717, 1.165) is 15.6 Å². The minimum Gasteiger partial charge on any atom is -0.441 e. The van der Waals surface area contributed by atoms with Gasteiger partial charge in [0.25, 0.3) is 5.91 Å². The van der Waals surface area contributed by atoms with Crippen LogP contribution in [0, 0.1) is 6.92 Å². The van der Waals surface area contributed by atoms with Crippen LogP contribution in [0.2, 0.25) is 0 Å². The Kier molecular flexibility index (Phi) is 4.99. The summed E-state index contributed by atoms with van der Waals surface area (Å²) in [7, 11) is 1.93. The zero-order chi connectivity index (χ0) is 19.5. The summed E-state index contributed by atoms with van der Waals surface area (Å²) in [6.07, 6.45) is 3.63. The Balaban J connectivity index is 1.58. The van der Waals surface area contributed by atoms with Crippen LogP contribution in [0.3, 0.4) is 0 Å². The van der Waals surface area contributed by atoms with Crippen LogP contribution in [0.15, 0.2) is 81.5 Å². The van der Waals surface area contributed by atoms with Crippen LogP contribution in [0.1, 0.15) is 16.2 Å². The van der Waals surface area contributed by atoms with Crippen LogP contribution < -0.4 is 5.32 Å². The number of para-hydroxylation sites is 1. The molecule has 0 aliphatic heterocycles. The van der Waals surface area contributed by atoms with Crippen molar-refractivity contribution in [1.82, 2.24) is 14.5 Å². The molecule has 140 valence electrons. The highest BCUT2D eigenvalue weighted by molar-refractivity contribution is 7.99. The number of aryl methyl sites for hydroxylation is 2. The van der Waals surface area contributed by atoms with E-state index in [2.05, 4.69) is 15.3 Å². The molecule has 28 heavy (non-hydrogen) atoms. The van der Waals surface area contributed by atoms with Crippen molar-refractivity contribution in [1.29, 1.82) is 0 Å². The van der Waals surface area contributed by atoms with E-state index in [-0.39, 0.29) is 11.6 Å². The molecule has 2 heterocycles. The van der Waals surface area contributed by atoms with Gasteiger partial charge in [0.2, 0.25) is 5.89 Å². The summed E-state index contributed by atoms with van der Waals surface area (Å²) in [5, 5.41) is 3.78. The lowest BCUT2D eigenvalue weighted by molar-refractivity contribution is 0.102. The lowest BCUT2D eigenvalue weighted by Gasteiger charge is -2.09. The quantitative estimate of drug-likeness (QED) is 0.530. The number of amides is 1. The van der Waals surface area contributed by atoms with Gasteiger partial charge in [-0.05, 0) is 43.0 Å². The summed E-state index contributed by atoms with van der Waals surface area (Å²) in [6, 6.07) is 17.1. The van der Waals surface area contributed by atoms with Gasteiger partial charge < -0.3 is 14.3 Å². The fourth-order valence-corrected chi connectivity index (χ4v) is 3.59. The maximum absolute atomic E-state index is 12.8. The normalized spacial score (nSPS) is 10.8. The zero-order valence-corrected chi connectivity index (χ0v) is 16.2. The molecule has 0 fully saturated rings. The number of rotatable bonds is 5. The van der Waals surface area contributed by atoms with Crippen LogP contribution in [-0.2, 0) is 7.05 Å². The topological polar surface area (TPSA) is 73.0 Å². The molecule has 0 spiro atoms. The van der Waals surface area contributed by atoms with Gasteiger partial charge in [-0.3, -0.25) is 4.79 Å². The van der Waals surface area contributed by atoms with E-state index < -0.39 is 0 Å². The van der Waals surface area contributed by atoms with Gasteiger partial charge in [0.1, 0.15) is 5.76 Å². The number of carbonyl (C=O) groups excluding carboxylic acids is 1. The van der Waals surface area contributed by atoms with Gasteiger partial charge in [0.15, 0.2) is 10.9 Å². The number of carbonyl (C=O) groups is 1. The predicted octanol–water partition coefficient (Wildman–Crippen LogP) is 4.79. The number of benzene rings is 2. The van der Waals surface area contributed by atoms with Crippen LogP contribution >= 0.6 is 11.8 Å². The SMILES string of the molecule is Cc1oc(-c2ccccc2)nc1C(=O)Nc1ccccc1Sc1nccn1C. The number of imidazole rings is 1. The lowest BCUT2D eigenvalue weighted by atomic mass is 10.2. The molecule has 0 aliphatic carbocycles. The first-order chi connectivity index (χ1) is 13.6. The molecule has 6 nitrogen and oxygen atoms in total. The van der Waals surface area contributed by atoms with Crippen molar-refractivity contribution in [2.45, 2.75) is 17.0 Å². The Morgan fingerprint density at radius 3 is 2.61 bits per heavy atom. The molecular weight excluding hydrogens is 372 g/mol. The molecule has 2 aromatic carbocycles. The molecule has 0 atom stereocenters. The Labute approximate surface area is 166 Å². The van der Waals surface area contributed by atoms with E-state index >= 15 is 0 Å². The molecule has 2 aromatic heterocycles. The fourth-order valence-electron chi connectivity index (χ4n) is 2.70. The first-order valence-corrected chi connectivity index (χ1v) is 9.52. The average Bonchev–Trinajstić information content (AvgIpc) is 3.30. The summed E-state index contributed by atoms with van der Waals surface area (Å²) in [6.45, 7) is 1.74. The second kappa shape index (κ2) is 7.74. The highest BCUT2D eigenvalue weighted by Gasteiger charge is 2.19. The highest BCUT2D eigenvalue weighted by Crippen LogP contribution is 2.32. The van der Waals surface area contributed by atoms with E-state index in [0.29, 0.717) is 17.3 Å². The van der Waals surface area contributed by atoms with Gasteiger partial charge in [-0.2, -0.15) is 0 Å². The Morgan fingerprint density at radius 1 is 1.11 bits per heavy atom. The van der Waals surface area contributed by atoms with Gasteiger partial charge in [-0.15, -0.1) is 0 Å².